The Bertz CT molecular complexity index is 408. The summed E-state index contributed by atoms with van der Waals surface area (Å²) in [6.45, 7) is 10.1. The molecule has 18 heavy (non-hydrogen) atoms. The van der Waals surface area contributed by atoms with E-state index in [9.17, 15) is 0 Å². The maximum Gasteiger partial charge on any atom is 0.0292 e. The third kappa shape index (κ3) is 3.30. The average molecular weight is 263 g/mol. The van der Waals surface area contributed by atoms with Crippen LogP contribution in [-0.4, -0.2) is 17.0 Å². The molecule has 1 aliphatic rings. The maximum absolute atomic E-state index is 3.71. The number of rotatable bonds is 4. The summed E-state index contributed by atoms with van der Waals surface area (Å²) in [5, 5.41) is 3.71. The van der Waals surface area contributed by atoms with Gasteiger partial charge in [0, 0.05) is 17.3 Å². The van der Waals surface area contributed by atoms with E-state index in [1.165, 1.54) is 35.3 Å². The zero-order valence-electron chi connectivity index (χ0n) is 12.0. The highest BCUT2D eigenvalue weighted by Crippen LogP contribution is 2.37. The molecule has 2 atom stereocenters. The third-order valence-corrected chi connectivity index (χ3v) is 5.65. The van der Waals surface area contributed by atoms with Gasteiger partial charge in [0.05, 0.1) is 0 Å². The largest absolute Gasteiger partial charge is 0.309 e. The van der Waals surface area contributed by atoms with Crippen molar-refractivity contribution in [3.63, 3.8) is 0 Å². The molecule has 0 amide bonds. The normalized spacial score (nSPS) is 25.3. The molecular weight excluding hydrogens is 238 g/mol. The molecule has 1 saturated heterocycles. The molecule has 0 aliphatic carbocycles. The molecule has 1 aliphatic heterocycles. The molecule has 1 aromatic carbocycles. The minimum atomic E-state index is 0.447. The zero-order valence-corrected chi connectivity index (χ0v) is 12.9. The summed E-state index contributed by atoms with van der Waals surface area (Å²) < 4.78 is 0.452. The van der Waals surface area contributed by atoms with Gasteiger partial charge in [-0.3, -0.25) is 0 Å². The fourth-order valence-electron chi connectivity index (χ4n) is 2.50. The van der Waals surface area contributed by atoms with E-state index in [0.29, 0.717) is 10.8 Å². The summed E-state index contributed by atoms with van der Waals surface area (Å²) in [5.41, 5.74) is 4.18. The molecule has 1 fully saturated rings. The van der Waals surface area contributed by atoms with Crippen LogP contribution >= 0.6 is 11.8 Å². The number of nitrogens with one attached hydrogen (secondary N) is 1. The van der Waals surface area contributed by atoms with Crippen molar-refractivity contribution in [3.8, 4) is 0 Å². The van der Waals surface area contributed by atoms with Crippen LogP contribution in [0.15, 0.2) is 18.2 Å². The zero-order chi connectivity index (χ0) is 13.2. The van der Waals surface area contributed by atoms with Gasteiger partial charge in [-0.2, -0.15) is 11.8 Å². The van der Waals surface area contributed by atoms with Gasteiger partial charge in [-0.25, -0.2) is 0 Å². The number of hydrogen-bond acceptors (Lipinski definition) is 2. The highest BCUT2D eigenvalue weighted by atomic mass is 32.2. The van der Waals surface area contributed by atoms with Gasteiger partial charge >= 0.3 is 0 Å². The van der Waals surface area contributed by atoms with Crippen LogP contribution in [0, 0.1) is 13.8 Å². The summed E-state index contributed by atoms with van der Waals surface area (Å²) in [7, 11) is 0. The van der Waals surface area contributed by atoms with Gasteiger partial charge in [0.15, 0.2) is 0 Å². The van der Waals surface area contributed by atoms with Crippen molar-refractivity contribution in [3.05, 3.63) is 34.9 Å². The number of hydrogen-bond donors (Lipinski definition) is 1. The van der Waals surface area contributed by atoms with Crippen molar-refractivity contribution in [1.29, 1.82) is 0 Å². The minimum absolute atomic E-state index is 0.447. The van der Waals surface area contributed by atoms with Gasteiger partial charge in [-0.15, -0.1) is 0 Å². The van der Waals surface area contributed by atoms with E-state index in [2.05, 4.69) is 63.0 Å². The topological polar surface area (TPSA) is 12.0 Å². The van der Waals surface area contributed by atoms with E-state index in [4.69, 9.17) is 0 Å². The smallest absolute Gasteiger partial charge is 0.0292 e. The van der Waals surface area contributed by atoms with Crippen LogP contribution in [-0.2, 0) is 0 Å². The first-order valence-electron chi connectivity index (χ1n) is 6.95. The minimum Gasteiger partial charge on any atom is -0.309 e. The van der Waals surface area contributed by atoms with E-state index in [1.807, 2.05) is 0 Å². The van der Waals surface area contributed by atoms with Crippen molar-refractivity contribution >= 4 is 11.8 Å². The van der Waals surface area contributed by atoms with Crippen LogP contribution in [0.25, 0.3) is 0 Å². The molecule has 1 N–H and O–H groups in total. The first-order valence-corrected chi connectivity index (χ1v) is 7.93. The van der Waals surface area contributed by atoms with E-state index >= 15 is 0 Å². The van der Waals surface area contributed by atoms with Gasteiger partial charge in [-0.05, 0) is 63.0 Å². The quantitative estimate of drug-likeness (QED) is 0.872. The SMILES string of the molecule is Cc1ccc(C(C)NCC2(C)CCCS2)cc1C. The van der Waals surface area contributed by atoms with Crippen molar-refractivity contribution in [2.75, 3.05) is 12.3 Å². The monoisotopic (exact) mass is 263 g/mol. The fourth-order valence-corrected chi connectivity index (χ4v) is 3.75. The third-order valence-electron chi connectivity index (χ3n) is 4.11. The lowest BCUT2D eigenvalue weighted by Gasteiger charge is -2.26. The van der Waals surface area contributed by atoms with Crippen molar-refractivity contribution < 1.29 is 0 Å². The Morgan fingerprint density at radius 3 is 2.72 bits per heavy atom. The van der Waals surface area contributed by atoms with E-state index in [1.54, 1.807) is 0 Å². The van der Waals surface area contributed by atoms with Crippen LogP contribution in [0.5, 0.6) is 0 Å². The lowest BCUT2D eigenvalue weighted by molar-refractivity contribution is 0.490. The lowest BCUT2D eigenvalue weighted by Crippen LogP contribution is -2.34. The molecule has 0 saturated carbocycles. The Balaban J connectivity index is 1.94. The van der Waals surface area contributed by atoms with Gasteiger partial charge in [-0.1, -0.05) is 18.2 Å². The standard InChI is InChI=1S/C16H25NS/c1-12-6-7-15(10-13(12)2)14(3)17-11-16(4)8-5-9-18-16/h6-7,10,14,17H,5,8-9,11H2,1-4H3. The van der Waals surface area contributed by atoms with Crippen LogP contribution in [0.1, 0.15) is 49.4 Å². The summed E-state index contributed by atoms with van der Waals surface area (Å²) >= 11 is 2.12. The predicted octanol–water partition coefficient (Wildman–Crippen LogP) is 4.24. The van der Waals surface area contributed by atoms with Crippen LogP contribution in [0.2, 0.25) is 0 Å². The van der Waals surface area contributed by atoms with Crippen molar-refractivity contribution in [2.45, 2.75) is 51.3 Å². The van der Waals surface area contributed by atoms with E-state index in [-0.39, 0.29) is 0 Å². The summed E-state index contributed by atoms with van der Waals surface area (Å²) in [4.78, 5) is 0. The second-order valence-electron chi connectivity index (χ2n) is 5.85. The number of aryl methyl sites for hydroxylation is 2. The molecule has 2 unspecified atom stereocenters. The Morgan fingerprint density at radius 1 is 1.33 bits per heavy atom. The fraction of sp³-hybridized carbons (Fsp3) is 0.625. The average Bonchev–Trinajstić information content (AvgIpc) is 2.77. The van der Waals surface area contributed by atoms with Crippen molar-refractivity contribution in [2.24, 2.45) is 0 Å². The molecule has 0 bridgehead atoms. The molecular formula is C16H25NS. The highest BCUT2D eigenvalue weighted by molar-refractivity contribution is 8.00. The molecule has 0 spiro atoms. The van der Waals surface area contributed by atoms with Crippen LogP contribution < -0.4 is 5.32 Å². The summed E-state index contributed by atoms with van der Waals surface area (Å²) in [5.74, 6) is 1.33. The van der Waals surface area contributed by atoms with E-state index < -0.39 is 0 Å². The molecule has 1 heterocycles. The predicted molar refractivity (Wildman–Crippen MR) is 82.4 cm³/mol. The van der Waals surface area contributed by atoms with Crippen molar-refractivity contribution in [1.82, 2.24) is 5.32 Å². The second kappa shape index (κ2) is 5.66. The second-order valence-corrected chi connectivity index (χ2v) is 7.53. The molecule has 0 aromatic heterocycles. The first kappa shape index (κ1) is 14.0. The van der Waals surface area contributed by atoms with E-state index in [0.717, 1.165) is 6.54 Å². The first-order chi connectivity index (χ1) is 8.50. The van der Waals surface area contributed by atoms with Crippen LogP contribution in [0.3, 0.4) is 0 Å². The lowest BCUT2D eigenvalue weighted by atomic mass is 10.0. The molecule has 0 radical (unpaired) electrons. The summed E-state index contributed by atoms with van der Waals surface area (Å²) in [6.07, 6.45) is 2.73. The molecule has 2 heteroatoms. The number of thioether (sulfide) groups is 1. The van der Waals surface area contributed by atoms with Gasteiger partial charge in [0.2, 0.25) is 0 Å². The molecule has 2 rings (SSSR count). The molecule has 1 nitrogen and oxygen atoms in total. The highest BCUT2D eigenvalue weighted by Gasteiger charge is 2.29. The Morgan fingerprint density at radius 2 is 2.11 bits per heavy atom. The Kier molecular flexibility index (Phi) is 4.39. The molecule has 1 aromatic rings. The van der Waals surface area contributed by atoms with Gasteiger partial charge in [0.1, 0.15) is 0 Å². The van der Waals surface area contributed by atoms with Gasteiger partial charge in [0.25, 0.3) is 0 Å². The summed E-state index contributed by atoms with van der Waals surface area (Å²) in [6, 6.07) is 7.25. The Hall–Kier alpha value is -0.470. The van der Waals surface area contributed by atoms with Crippen LogP contribution in [0.4, 0.5) is 0 Å². The Labute approximate surface area is 116 Å². The number of benzene rings is 1. The van der Waals surface area contributed by atoms with Gasteiger partial charge < -0.3 is 5.32 Å². The molecule has 100 valence electrons. The maximum atomic E-state index is 3.71.